The summed E-state index contributed by atoms with van der Waals surface area (Å²) < 4.78 is 0.727. The van der Waals surface area contributed by atoms with Crippen LogP contribution in [-0.4, -0.2) is 22.7 Å². The number of hydrogen-bond donors (Lipinski definition) is 1. The first-order valence-electron chi connectivity index (χ1n) is 4.42. The molecule has 0 fully saturated rings. The molecule has 5 heteroatoms. The maximum Gasteiger partial charge on any atom is 0.253 e. The van der Waals surface area contributed by atoms with Crippen molar-refractivity contribution in [1.29, 1.82) is 0 Å². The maximum atomic E-state index is 11.6. The Bertz CT molecular complexity index is 393. The summed E-state index contributed by atoms with van der Waals surface area (Å²) in [5.41, 5.74) is 0.428. The van der Waals surface area contributed by atoms with E-state index in [1.165, 1.54) is 13.1 Å². The predicted octanol–water partition coefficient (Wildman–Crippen LogP) is 1.55. The van der Waals surface area contributed by atoms with Gasteiger partial charge in [0, 0.05) is 16.9 Å². The number of ketones is 1. The third kappa shape index (κ3) is 3.43. The normalized spacial score (nSPS) is 11.9. The van der Waals surface area contributed by atoms with Crippen molar-refractivity contribution in [2.75, 3.05) is 0 Å². The van der Waals surface area contributed by atoms with Gasteiger partial charge in [-0.1, -0.05) is 0 Å². The summed E-state index contributed by atoms with van der Waals surface area (Å²) >= 11 is 3.22. The minimum atomic E-state index is -0.475. The predicted molar refractivity (Wildman–Crippen MR) is 59.5 cm³/mol. The molecule has 0 aliphatic rings. The fourth-order valence-electron chi connectivity index (χ4n) is 0.918. The molecule has 1 rings (SSSR count). The van der Waals surface area contributed by atoms with Crippen molar-refractivity contribution < 1.29 is 9.59 Å². The van der Waals surface area contributed by atoms with Gasteiger partial charge in [-0.15, -0.1) is 0 Å². The molecular weight excluding hydrogens is 260 g/mol. The Hall–Kier alpha value is -1.23. The number of nitrogens with zero attached hydrogens (tertiary/aromatic N) is 1. The molecule has 80 valence electrons. The second kappa shape index (κ2) is 5.02. The summed E-state index contributed by atoms with van der Waals surface area (Å²) in [5.74, 6) is -0.377. The van der Waals surface area contributed by atoms with E-state index in [4.69, 9.17) is 0 Å². The maximum absolute atomic E-state index is 11.6. The summed E-state index contributed by atoms with van der Waals surface area (Å²) in [5, 5.41) is 2.57. The molecular formula is C10H11BrN2O2. The standard InChI is InChI=1S/C10H11BrN2O2/c1-6(7(2)14)13-10(15)8-3-9(11)5-12-4-8/h3-6H,1-2H3,(H,13,15). The van der Waals surface area contributed by atoms with Crippen LogP contribution in [0.3, 0.4) is 0 Å². The van der Waals surface area contributed by atoms with Gasteiger partial charge in [-0.25, -0.2) is 0 Å². The molecule has 1 unspecified atom stereocenters. The van der Waals surface area contributed by atoms with Crippen LogP contribution in [0.1, 0.15) is 24.2 Å². The number of pyridine rings is 1. The van der Waals surface area contributed by atoms with Gasteiger partial charge in [0.2, 0.25) is 0 Å². The summed E-state index contributed by atoms with van der Waals surface area (Å²) in [7, 11) is 0. The SMILES string of the molecule is CC(=O)C(C)NC(=O)c1cncc(Br)c1. The Kier molecular flexibility index (Phi) is 3.96. The highest BCUT2D eigenvalue weighted by molar-refractivity contribution is 9.10. The van der Waals surface area contributed by atoms with Gasteiger partial charge >= 0.3 is 0 Å². The molecule has 1 aromatic rings. The topological polar surface area (TPSA) is 59.1 Å². The van der Waals surface area contributed by atoms with Crippen molar-refractivity contribution in [2.24, 2.45) is 0 Å². The Balaban J connectivity index is 2.73. The summed E-state index contributed by atoms with van der Waals surface area (Å²) in [4.78, 5) is 26.4. The van der Waals surface area contributed by atoms with Crippen molar-refractivity contribution in [3.05, 3.63) is 28.5 Å². The number of halogens is 1. The molecule has 0 saturated heterocycles. The monoisotopic (exact) mass is 270 g/mol. The van der Waals surface area contributed by atoms with Gasteiger partial charge in [0.25, 0.3) is 5.91 Å². The van der Waals surface area contributed by atoms with Crippen molar-refractivity contribution in [2.45, 2.75) is 19.9 Å². The zero-order chi connectivity index (χ0) is 11.4. The molecule has 0 saturated carbocycles. The van der Waals surface area contributed by atoms with Crippen molar-refractivity contribution in [3.8, 4) is 0 Å². The first-order valence-corrected chi connectivity index (χ1v) is 5.22. The van der Waals surface area contributed by atoms with E-state index in [9.17, 15) is 9.59 Å². The van der Waals surface area contributed by atoms with Gasteiger partial charge in [-0.2, -0.15) is 0 Å². The van der Waals surface area contributed by atoms with Gasteiger partial charge in [0.15, 0.2) is 5.78 Å². The fourth-order valence-corrected chi connectivity index (χ4v) is 1.28. The summed E-state index contributed by atoms with van der Waals surface area (Å²) in [6.07, 6.45) is 3.04. The Morgan fingerprint density at radius 3 is 2.67 bits per heavy atom. The summed E-state index contributed by atoms with van der Waals surface area (Å²) in [6, 6.07) is 1.17. The second-order valence-corrected chi connectivity index (χ2v) is 4.11. The van der Waals surface area contributed by atoms with E-state index in [2.05, 4.69) is 26.2 Å². The van der Waals surface area contributed by atoms with Crippen LogP contribution in [0.25, 0.3) is 0 Å². The molecule has 0 aliphatic carbocycles. The number of hydrogen-bond acceptors (Lipinski definition) is 3. The Morgan fingerprint density at radius 1 is 1.47 bits per heavy atom. The molecule has 0 bridgehead atoms. The van der Waals surface area contributed by atoms with Crippen LogP contribution in [-0.2, 0) is 4.79 Å². The number of Topliss-reactive ketones (excluding diaryl/α,β-unsaturated/α-hetero) is 1. The third-order valence-corrected chi connectivity index (χ3v) is 2.36. The largest absolute Gasteiger partial charge is 0.342 e. The molecule has 1 aromatic heterocycles. The lowest BCUT2D eigenvalue weighted by atomic mass is 10.2. The lowest BCUT2D eigenvalue weighted by molar-refractivity contribution is -0.118. The van der Waals surface area contributed by atoms with E-state index in [0.717, 1.165) is 4.47 Å². The average molecular weight is 271 g/mol. The molecule has 0 aromatic carbocycles. The summed E-state index contributed by atoms with van der Waals surface area (Å²) in [6.45, 7) is 3.08. The van der Waals surface area contributed by atoms with Crippen LogP contribution in [0.15, 0.2) is 22.9 Å². The molecule has 1 amide bonds. The van der Waals surface area contributed by atoms with Crippen LogP contribution in [0.5, 0.6) is 0 Å². The Labute approximate surface area is 96.2 Å². The molecule has 1 heterocycles. The number of amides is 1. The number of carbonyl (C=O) groups is 2. The van der Waals surface area contributed by atoms with Crippen molar-refractivity contribution in [1.82, 2.24) is 10.3 Å². The second-order valence-electron chi connectivity index (χ2n) is 3.20. The number of rotatable bonds is 3. The smallest absolute Gasteiger partial charge is 0.253 e. The molecule has 0 spiro atoms. The minimum absolute atomic E-state index is 0.0775. The van der Waals surface area contributed by atoms with Crippen LogP contribution in [0, 0.1) is 0 Å². The lowest BCUT2D eigenvalue weighted by Crippen LogP contribution is -2.37. The number of aromatic nitrogens is 1. The first-order chi connectivity index (χ1) is 7.00. The molecule has 0 aliphatic heterocycles. The van der Waals surface area contributed by atoms with Crippen LogP contribution in [0.4, 0.5) is 0 Å². The quantitative estimate of drug-likeness (QED) is 0.907. The average Bonchev–Trinajstić information content (AvgIpc) is 2.17. The van der Waals surface area contributed by atoms with Crippen molar-refractivity contribution in [3.63, 3.8) is 0 Å². The molecule has 1 N–H and O–H groups in total. The molecule has 15 heavy (non-hydrogen) atoms. The first kappa shape index (κ1) is 11.8. The van der Waals surface area contributed by atoms with E-state index in [1.807, 2.05) is 0 Å². The van der Waals surface area contributed by atoms with Crippen LogP contribution in [0.2, 0.25) is 0 Å². The number of carbonyl (C=O) groups excluding carboxylic acids is 2. The van der Waals surface area contributed by atoms with E-state index >= 15 is 0 Å². The third-order valence-electron chi connectivity index (χ3n) is 1.92. The molecule has 4 nitrogen and oxygen atoms in total. The van der Waals surface area contributed by atoms with E-state index in [-0.39, 0.29) is 11.7 Å². The zero-order valence-corrected chi connectivity index (χ0v) is 10.0. The highest BCUT2D eigenvalue weighted by atomic mass is 79.9. The Morgan fingerprint density at radius 2 is 2.13 bits per heavy atom. The van der Waals surface area contributed by atoms with Gasteiger partial charge < -0.3 is 5.32 Å². The van der Waals surface area contributed by atoms with E-state index in [1.54, 1.807) is 19.2 Å². The molecule has 1 atom stereocenters. The zero-order valence-electron chi connectivity index (χ0n) is 8.45. The van der Waals surface area contributed by atoms with Gasteiger partial charge in [0.05, 0.1) is 11.6 Å². The number of nitrogens with one attached hydrogen (secondary N) is 1. The van der Waals surface area contributed by atoms with Crippen molar-refractivity contribution >= 4 is 27.6 Å². The van der Waals surface area contributed by atoms with Gasteiger partial charge in [0.1, 0.15) is 0 Å². The fraction of sp³-hybridized carbons (Fsp3) is 0.300. The van der Waals surface area contributed by atoms with Gasteiger partial charge in [-0.3, -0.25) is 14.6 Å². The van der Waals surface area contributed by atoms with Crippen LogP contribution < -0.4 is 5.32 Å². The highest BCUT2D eigenvalue weighted by Gasteiger charge is 2.13. The lowest BCUT2D eigenvalue weighted by Gasteiger charge is -2.10. The minimum Gasteiger partial charge on any atom is -0.342 e. The van der Waals surface area contributed by atoms with E-state index < -0.39 is 6.04 Å². The van der Waals surface area contributed by atoms with E-state index in [0.29, 0.717) is 5.56 Å². The molecule has 0 radical (unpaired) electrons. The van der Waals surface area contributed by atoms with Crippen LogP contribution >= 0.6 is 15.9 Å². The highest BCUT2D eigenvalue weighted by Crippen LogP contribution is 2.09. The van der Waals surface area contributed by atoms with Gasteiger partial charge in [-0.05, 0) is 35.8 Å².